The van der Waals surface area contributed by atoms with Crippen molar-refractivity contribution in [3.8, 4) is 0 Å². The number of carbonyl (C=O) groups is 1. The molecule has 0 heterocycles. The molecular weight excluding hydrogens is 384 g/mol. The number of allylic oxidation sites excluding steroid dienone is 4. The zero-order chi connectivity index (χ0) is 21.2. The maximum Gasteiger partial charge on any atom is 0.370 e. The number of carbonyl (C=O) groups excluding carboxylic acids is 1. The fourth-order valence-electron chi connectivity index (χ4n) is 3.99. The normalized spacial score (nSPS) is 25.7. The third-order valence-electron chi connectivity index (χ3n) is 5.90. The third kappa shape index (κ3) is 4.26. The van der Waals surface area contributed by atoms with E-state index >= 15 is 0 Å². The summed E-state index contributed by atoms with van der Waals surface area (Å²) in [6, 6.07) is 6.60. The van der Waals surface area contributed by atoms with Gasteiger partial charge in [0.25, 0.3) is 0 Å². The average Bonchev–Trinajstić information content (AvgIpc) is 2.69. The van der Waals surface area contributed by atoms with Gasteiger partial charge < -0.3 is 4.74 Å². The smallest absolute Gasteiger partial charge is 0.370 e. The first kappa shape index (κ1) is 21.6. The van der Waals surface area contributed by atoms with E-state index in [1.54, 1.807) is 19.1 Å². The number of ether oxygens (including phenoxy) is 1. The van der Waals surface area contributed by atoms with E-state index in [0.717, 1.165) is 49.3 Å². The third-order valence-corrected chi connectivity index (χ3v) is 5.90. The van der Waals surface area contributed by atoms with Crippen LogP contribution < -0.4 is 0 Å². The zero-order valence-corrected chi connectivity index (χ0v) is 16.7. The molecule has 1 fully saturated rings. The summed E-state index contributed by atoms with van der Waals surface area (Å²) in [4.78, 5) is 12.3. The fourth-order valence-corrected chi connectivity index (χ4v) is 3.99. The van der Waals surface area contributed by atoms with Crippen LogP contribution in [0.4, 0.5) is 17.6 Å². The first-order valence-electron chi connectivity index (χ1n) is 10.2. The molecule has 0 unspecified atom stereocenters. The molecule has 0 radical (unpaired) electrons. The second kappa shape index (κ2) is 8.33. The molecule has 0 saturated heterocycles. The van der Waals surface area contributed by atoms with E-state index in [1.807, 2.05) is 0 Å². The molecule has 0 N–H and O–H groups in total. The molecule has 2 nitrogen and oxygen atoms in total. The van der Waals surface area contributed by atoms with Crippen molar-refractivity contribution >= 4 is 5.97 Å². The summed E-state index contributed by atoms with van der Waals surface area (Å²) in [5, 5.41) is 0. The SMILES string of the molecule is CCCC1=CC=C(OC(=O)c2ccc(C3CCC(C)CC3)cc2)C(F)(F)C1(F)F. The van der Waals surface area contributed by atoms with Crippen molar-refractivity contribution in [3.05, 3.63) is 58.9 Å². The summed E-state index contributed by atoms with van der Waals surface area (Å²) in [6.07, 6.45) is 6.32. The monoisotopic (exact) mass is 410 g/mol. The van der Waals surface area contributed by atoms with Gasteiger partial charge in [-0.15, -0.1) is 0 Å². The van der Waals surface area contributed by atoms with Crippen LogP contribution in [0.15, 0.2) is 47.7 Å². The Kier molecular flexibility index (Phi) is 6.20. The van der Waals surface area contributed by atoms with Crippen molar-refractivity contribution in [2.45, 2.75) is 70.1 Å². The number of benzene rings is 1. The van der Waals surface area contributed by atoms with E-state index in [9.17, 15) is 22.4 Å². The molecule has 0 bridgehead atoms. The van der Waals surface area contributed by atoms with Crippen molar-refractivity contribution in [1.82, 2.24) is 0 Å². The largest absolute Gasteiger partial charge is 0.421 e. The van der Waals surface area contributed by atoms with Gasteiger partial charge in [-0.3, -0.25) is 0 Å². The Labute approximate surface area is 168 Å². The van der Waals surface area contributed by atoms with Crippen LogP contribution in [0.2, 0.25) is 0 Å². The number of hydrogen-bond donors (Lipinski definition) is 0. The van der Waals surface area contributed by atoms with Gasteiger partial charge in [0.05, 0.1) is 5.56 Å². The fraction of sp³-hybridized carbons (Fsp3) is 0.522. The first-order valence-corrected chi connectivity index (χ1v) is 10.2. The van der Waals surface area contributed by atoms with Gasteiger partial charge in [-0.25, -0.2) is 4.79 Å². The predicted molar refractivity (Wildman–Crippen MR) is 103 cm³/mol. The Bertz CT molecular complexity index is 801. The summed E-state index contributed by atoms with van der Waals surface area (Å²) in [6.45, 7) is 3.86. The van der Waals surface area contributed by atoms with Crippen molar-refractivity contribution in [3.63, 3.8) is 0 Å². The Morgan fingerprint density at radius 1 is 1.00 bits per heavy atom. The molecule has 1 aromatic carbocycles. The molecule has 0 aliphatic heterocycles. The molecular formula is C23H26F4O2. The van der Waals surface area contributed by atoms with E-state index in [-0.39, 0.29) is 12.0 Å². The maximum absolute atomic E-state index is 14.3. The van der Waals surface area contributed by atoms with Gasteiger partial charge in [-0.1, -0.05) is 51.3 Å². The molecule has 1 saturated carbocycles. The topological polar surface area (TPSA) is 26.3 Å². The van der Waals surface area contributed by atoms with Gasteiger partial charge in [0.1, 0.15) is 0 Å². The zero-order valence-electron chi connectivity index (χ0n) is 16.7. The van der Waals surface area contributed by atoms with Crippen molar-refractivity contribution in [2.24, 2.45) is 5.92 Å². The second-order valence-electron chi connectivity index (χ2n) is 8.09. The number of halogens is 4. The molecule has 158 valence electrons. The molecule has 29 heavy (non-hydrogen) atoms. The summed E-state index contributed by atoms with van der Waals surface area (Å²) in [5.41, 5.74) is 0.492. The molecule has 0 spiro atoms. The second-order valence-corrected chi connectivity index (χ2v) is 8.09. The summed E-state index contributed by atoms with van der Waals surface area (Å²) in [5.74, 6) is -10.2. The van der Waals surface area contributed by atoms with Crippen LogP contribution in [-0.2, 0) is 4.74 Å². The van der Waals surface area contributed by atoms with Gasteiger partial charge in [0.15, 0.2) is 5.76 Å². The van der Waals surface area contributed by atoms with Crippen molar-refractivity contribution in [1.29, 1.82) is 0 Å². The highest BCUT2D eigenvalue weighted by Crippen LogP contribution is 2.49. The van der Waals surface area contributed by atoms with Crippen LogP contribution >= 0.6 is 0 Å². The van der Waals surface area contributed by atoms with Crippen LogP contribution in [0.1, 0.15) is 74.2 Å². The lowest BCUT2D eigenvalue weighted by Crippen LogP contribution is -2.46. The van der Waals surface area contributed by atoms with Crippen molar-refractivity contribution < 1.29 is 27.1 Å². The van der Waals surface area contributed by atoms with Gasteiger partial charge >= 0.3 is 17.8 Å². The standard InChI is InChI=1S/C23H26F4O2/c1-3-4-19-13-14-20(23(26,27)22(19,24)25)29-21(28)18-11-9-17(10-12-18)16-7-5-15(2)6-8-16/h9-16H,3-8H2,1-2H3. The highest BCUT2D eigenvalue weighted by atomic mass is 19.3. The van der Waals surface area contributed by atoms with Gasteiger partial charge in [0, 0.05) is 5.57 Å². The van der Waals surface area contributed by atoms with E-state index in [1.165, 1.54) is 12.1 Å². The highest BCUT2D eigenvalue weighted by molar-refractivity contribution is 5.90. The van der Waals surface area contributed by atoms with E-state index in [4.69, 9.17) is 4.74 Å². The summed E-state index contributed by atoms with van der Waals surface area (Å²) >= 11 is 0. The van der Waals surface area contributed by atoms with Gasteiger partial charge in [0.2, 0.25) is 0 Å². The van der Waals surface area contributed by atoms with Gasteiger partial charge in [-0.05, 0) is 54.9 Å². The van der Waals surface area contributed by atoms with E-state index in [0.29, 0.717) is 12.3 Å². The lowest BCUT2D eigenvalue weighted by molar-refractivity contribution is -0.181. The molecule has 1 aromatic rings. The Morgan fingerprint density at radius 3 is 2.21 bits per heavy atom. The molecule has 0 aromatic heterocycles. The average molecular weight is 410 g/mol. The summed E-state index contributed by atoms with van der Waals surface area (Å²) in [7, 11) is 0. The Balaban J connectivity index is 1.73. The van der Waals surface area contributed by atoms with E-state index in [2.05, 4.69) is 6.92 Å². The predicted octanol–water partition coefficient (Wildman–Crippen LogP) is 7.03. The number of rotatable bonds is 5. The van der Waals surface area contributed by atoms with Crippen LogP contribution in [0.25, 0.3) is 0 Å². The quantitative estimate of drug-likeness (QED) is 0.385. The molecule has 3 rings (SSSR count). The lowest BCUT2D eigenvalue weighted by atomic mass is 9.79. The molecule has 6 heteroatoms. The van der Waals surface area contributed by atoms with Gasteiger partial charge in [-0.2, -0.15) is 17.6 Å². The van der Waals surface area contributed by atoms with Crippen LogP contribution in [0.3, 0.4) is 0 Å². The van der Waals surface area contributed by atoms with Crippen LogP contribution in [0.5, 0.6) is 0 Å². The van der Waals surface area contributed by atoms with Crippen LogP contribution in [-0.4, -0.2) is 17.8 Å². The minimum Gasteiger partial charge on any atom is -0.421 e. The molecule has 2 aliphatic rings. The lowest BCUT2D eigenvalue weighted by Gasteiger charge is -2.32. The van der Waals surface area contributed by atoms with Crippen LogP contribution in [0, 0.1) is 5.92 Å². The first-order chi connectivity index (χ1) is 13.7. The number of esters is 1. The number of hydrogen-bond acceptors (Lipinski definition) is 2. The minimum absolute atomic E-state index is 0.0567. The number of alkyl halides is 4. The Hall–Kier alpha value is -2.11. The minimum atomic E-state index is -4.57. The van der Waals surface area contributed by atoms with E-state index < -0.39 is 29.1 Å². The maximum atomic E-state index is 14.3. The molecule has 0 amide bonds. The molecule has 0 atom stereocenters. The summed E-state index contributed by atoms with van der Waals surface area (Å²) < 4.78 is 61.6. The van der Waals surface area contributed by atoms with Crippen molar-refractivity contribution in [2.75, 3.05) is 0 Å². The molecule has 2 aliphatic carbocycles. The highest BCUT2D eigenvalue weighted by Gasteiger charge is 2.63. The Morgan fingerprint density at radius 2 is 1.62 bits per heavy atom.